The summed E-state index contributed by atoms with van der Waals surface area (Å²) in [5.41, 5.74) is 0.833. The lowest BCUT2D eigenvalue weighted by atomic mass is 9.91. The minimum atomic E-state index is -0.794. The molecule has 1 amide bonds. The molecule has 114 valence electrons. The van der Waals surface area contributed by atoms with Crippen molar-refractivity contribution in [1.29, 1.82) is 0 Å². The molecule has 0 aromatic heterocycles. The Morgan fingerprint density at radius 2 is 2.00 bits per heavy atom. The molecule has 1 saturated carbocycles. The van der Waals surface area contributed by atoms with Gasteiger partial charge in [0.1, 0.15) is 0 Å². The summed E-state index contributed by atoms with van der Waals surface area (Å²) in [7, 11) is 0. The number of nitrogens with zero attached hydrogens (tertiary/aromatic N) is 1. The molecule has 0 unspecified atom stereocenters. The third kappa shape index (κ3) is 3.60. The number of benzene rings is 1. The van der Waals surface area contributed by atoms with Crippen molar-refractivity contribution in [3.63, 3.8) is 0 Å². The highest BCUT2D eigenvalue weighted by atomic mass is 19.2. The van der Waals surface area contributed by atoms with E-state index in [1.807, 2.05) is 4.90 Å². The summed E-state index contributed by atoms with van der Waals surface area (Å²) in [6.45, 7) is 1.72. The van der Waals surface area contributed by atoms with Crippen molar-refractivity contribution >= 4 is 5.91 Å². The van der Waals surface area contributed by atoms with Gasteiger partial charge in [0, 0.05) is 19.0 Å². The number of likely N-dealkylation sites (tertiary alicyclic amines) is 1. The van der Waals surface area contributed by atoms with Crippen LogP contribution in [0.2, 0.25) is 0 Å². The SMILES string of the molecule is O=C(C1CC1)N1CCC[C@@H](CCc2ccc(F)c(F)c2)C1. The largest absolute Gasteiger partial charge is 0.342 e. The summed E-state index contributed by atoms with van der Waals surface area (Å²) >= 11 is 0. The maximum Gasteiger partial charge on any atom is 0.225 e. The van der Waals surface area contributed by atoms with Crippen molar-refractivity contribution in [3.8, 4) is 0 Å². The first-order valence-corrected chi connectivity index (χ1v) is 7.86. The van der Waals surface area contributed by atoms with Gasteiger partial charge >= 0.3 is 0 Å². The van der Waals surface area contributed by atoms with E-state index in [0.717, 1.165) is 57.2 Å². The zero-order valence-corrected chi connectivity index (χ0v) is 12.2. The van der Waals surface area contributed by atoms with Gasteiger partial charge in [0.05, 0.1) is 0 Å². The second-order valence-electron chi connectivity index (χ2n) is 6.35. The molecule has 0 N–H and O–H groups in total. The summed E-state index contributed by atoms with van der Waals surface area (Å²) < 4.78 is 26.1. The fourth-order valence-corrected chi connectivity index (χ4v) is 3.16. The predicted octanol–water partition coefficient (Wildman–Crippen LogP) is 3.55. The zero-order valence-electron chi connectivity index (χ0n) is 12.2. The predicted molar refractivity (Wildman–Crippen MR) is 76.7 cm³/mol. The van der Waals surface area contributed by atoms with E-state index in [1.165, 1.54) is 12.1 Å². The van der Waals surface area contributed by atoms with Gasteiger partial charge in [-0.1, -0.05) is 6.07 Å². The molecule has 1 aliphatic carbocycles. The first-order valence-electron chi connectivity index (χ1n) is 7.86. The van der Waals surface area contributed by atoms with Gasteiger partial charge in [-0.25, -0.2) is 8.78 Å². The molecule has 1 aromatic rings. The summed E-state index contributed by atoms with van der Waals surface area (Å²) in [5, 5.41) is 0. The monoisotopic (exact) mass is 293 g/mol. The van der Waals surface area contributed by atoms with Crippen molar-refractivity contribution in [2.24, 2.45) is 11.8 Å². The van der Waals surface area contributed by atoms with Crippen LogP contribution in [0.15, 0.2) is 18.2 Å². The number of piperidine rings is 1. The molecule has 3 rings (SSSR count). The van der Waals surface area contributed by atoms with Gasteiger partial charge in [-0.3, -0.25) is 4.79 Å². The van der Waals surface area contributed by atoms with Crippen LogP contribution >= 0.6 is 0 Å². The molecule has 21 heavy (non-hydrogen) atoms. The topological polar surface area (TPSA) is 20.3 Å². The molecule has 1 heterocycles. The maximum absolute atomic E-state index is 13.2. The molecule has 2 fully saturated rings. The fraction of sp³-hybridized carbons (Fsp3) is 0.588. The molecule has 1 saturated heterocycles. The Kier molecular flexibility index (Phi) is 4.22. The van der Waals surface area contributed by atoms with Crippen LogP contribution in [0.4, 0.5) is 8.78 Å². The van der Waals surface area contributed by atoms with E-state index >= 15 is 0 Å². The summed E-state index contributed by atoms with van der Waals surface area (Å²) in [4.78, 5) is 14.1. The molecule has 0 radical (unpaired) electrons. The fourth-order valence-electron chi connectivity index (χ4n) is 3.16. The highest BCUT2D eigenvalue weighted by Crippen LogP contribution is 2.33. The zero-order chi connectivity index (χ0) is 14.8. The van der Waals surface area contributed by atoms with E-state index in [0.29, 0.717) is 11.8 Å². The van der Waals surface area contributed by atoms with Crippen LogP contribution < -0.4 is 0 Å². The summed E-state index contributed by atoms with van der Waals surface area (Å²) in [6.07, 6.45) is 5.95. The van der Waals surface area contributed by atoms with Gasteiger partial charge < -0.3 is 4.90 Å². The highest BCUT2D eigenvalue weighted by Gasteiger charge is 2.35. The molecule has 0 bridgehead atoms. The third-order valence-electron chi connectivity index (χ3n) is 4.58. The number of aryl methyl sites for hydroxylation is 1. The molecular formula is C17H21F2NO. The molecule has 1 atom stereocenters. The van der Waals surface area contributed by atoms with Crippen LogP contribution in [-0.2, 0) is 11.2 Å². The summed E-state index contributed by atoms with van der Waals surface area (Å²) in [5.74, 6) is -0.476. The second-order valence-corrected chi connectivity index (χ2v) is 6.35. The van der Waals surface area contributed by atoms with Crippen molar-refractivity contribution in [3.05, 3.63) is 35.4 Å². The van der Waals surface area contributed by atoms with Crippen LogP contribution in [0.1, 0.15) is 37.7 Å². The average molecular weight is 293 g/mol. The third-order valence-corrected chi connectivity index (χ3v) is 4.58. The lowest BCUT2D eigenvalue weighted by molar-refractivity contribution is -0.134. The second kappa shape index (κ2) is 6.12. The number of hydrogen-bond acceptors (Lipinski definition) is 1. The molecule has 2 aliphatic rings. The van der Waals surface area contributed by atoms with E-state index in [1.54, 1.807) is 6.07 Å². The first kappa shape index (κ1) is 14.5. The number of halogens is 2. The van der Waals surface area contributed by atoms with Crippen molar-refractivity contribution in [2.45, 2.75) is 38.5 Å². The molecule has 1 aliphatic heterocycles. The van der Waals surface area contributed by atoms with Gasteiger partial charge in [0.2, 0.25) is 5.91 Å². The number of carbonyl (C=O) groups is 1. The minimum Gasteiger partial charge on any atom is -0.342 e. The number of rotatable bonds is 4. The van der Waals surface area contributed by atoms with Crippen molar-refractivity contribution in [2.75, 3.05) is 13.1 Å². The van der Waals surface area contributed by atoms with Crippen LogP contribution in [0.25, 0.3) is 0 Å². The molecular weight excluding hydrogens is 272 g/mol. The Hall–Kier alpha value is -1.45. The average Bonchev–Trinajstić information content (AvgIpc) is 3.33. The quantitative estimate of drug-likeness (QED) is 0.831. The molecule has 4 heteroatoms. The lowest BCUT2D eigenvalue weighted by Gasteiger charge is -2.33. The molecule has 1 aromatic carbocycles. The first-order chi connectivity index (χ1) is 10.1. The van der Waals surface area contributed by atoms with Crippen LogP contribution in [0.5, 0.6) is 0 Å². The number of hydrogen-bond donors (Lipinski definition) is 0. The van der Waals surface area contributed by atoms with Gasteiger partial charge in [-0.15, -0.1) is 0 Å². The van der Waals surface area contributed by atoms with Crippen LogP contribution in [0, 0.1) is 23.5 Å². The van der Waals surface area contributed by atoms with Gasteiger partial charge in [-0.2, -0.15) is 0 Å². The number of amides is 1. The minimum absolute atomic E-state index is 0.287. The Labute approximate surface area is 124 Å². The van der Waals surface area contributed by atoms with Crippen molar-refractivity contribution in [1.82, 2.24) is 4.90 Å². The van der Waals surface area contributed by atoms with Gasteiger partial charge in [0.15, 0.2) is 11.6 Å². The maximum atomic E-state index is 13.2. The Morgan fingerprint density at radius 3 is 2.71 bits per heavy atom. The Morgan fingerprint density at radius 1 is 1.19 bits per heavy atom. The molecule has 2 nitrogen and oxygen atoms in total. The van der Waals surface area contributed by atoms with E-state index in [-0.39, 0.29) is 5.92 Å². The Balaban J connectivity index is 1.52. The van der Waals surface area contributed by atoms with Crippen LogP contribution in [-0.4, -0.2) is 23.9 Å². The van der Waals surface area contributed by atoms with Gasteiger partial charge in [-0.05, 0) is 62.1 Å². The standard InChI is InChI=1S/C17H21F2NO/c18-15-8-5-12(10-16(15)19)3-4-13-2-1-9-20(11-13)17(21)14-6-7-14/h5,8,10,13-14H,1-4,6-7,9,11H2/t13-/m0/s1. The number of carbonyl (C=O) groups excluding carboxylic acids is 1. The van der Waals surface area contributed by atoms with E-state index in [9.17, 15) is 13.6 Å². The Bertz CT molecular complexity index is 528. The van der Waals surface area contributed by atoms with E-state index in [2.05, 4.69) is 0 Å². The highest BCUT2D eigenvalue weighted by molar-refractivity contribution is 5.81. The van der Waals surface area contributed by atoms with Crippen molar-refractivity contribution < 1.29 is 13.6 Å². The summed E-state index contributed by atoms with van der Waals surface area (Å²) in [6, 6.07) is 4.12. The smallest absolute Gasteiger partial charge is 0.225 e. The van der Waals surface area contributed by atoms with Gasteiger partial charge in [0.25, 0.3) is 0 Å². The normalized spacial score (nSPS) is 22.4. The molecule has 0 spiro atoms. The van der Waals surface area contributed by atoms with E-state index < -0.39 is 11.6 Å². The lowest BCUT2D eigenvalue weighted by Crippen LogP contribution is -2.40. The van der Waals surface area contributed by atoms with E-state index in [4.69, 9.17) is 0 Å². The van der Waals surface area contributed by atoms with Crippen LogP contribution in [0.3, 0.4) is 0 Å².